The highest BCUT2D eigenvalue weighted by Crippen LogP contribution is 2.21. The van der Waals surface area contributed by atoms with Crippen LogP contribution in [-0.4, -0.2) is 93.0 Å². The van der Waals surface area contributed by atoms with Gasteiger partial charge in [-0.3, -0.25) is 9.59 Å². The summed E-state index contributed by atoms with van der Waals surface area (Å²) in [6.07, 6.45) is 3.70. The van der Waals surface area contributed by atoms with Crippen molar-refractivity contribution in [2.75, 3.05) is 52.3 Å². The van der Waals surface area contributed by atoms with Crippen molar-refractivity contribution in [1.29, 1.82) is 0 Å². The molecule has 1 amide bonds. The van der Waals surface area contributed by atoms with Crippen LogP contribution in [0.4, 0.5) is 0 Å². The number of ether oxygens (including phenoxy) is 2. The highest BCUT2D eigenvalue weighted by molar-refractivity contribution is 7.88. The van der Waals surface area contributed by atoms with E-state index in [2.05, 4.69) is 0 Å². The Morgan fingerprint density at radius 2 is 1.92 bits per heavy atom. The molecule has 1 N–H and O–H groups in total. The van der Waals surface area contributed by atoms with Crippen LogP contribution in [0, 0.1) is 5.92 Å². The summed E-state index contributed by atoms with van der Waals surface area (Å²) in [5, 5.41) is 8.89. The van der Waals surface area contributed by atoms with Gasteiger partial charge in [0.15, 0.2) is 0 Å². The number of amides is 1. The van der Waals surface area contributed by atoms with Crippen LogP contribution in [0.25, 0.3) is 0 Å². The Morgan fingerprint density at radius 1 is 1.23 bits per heavy atom. The predicted octanol–water partition coefficient (Wildman–Crippen LogP) is -0.233. The molecule has 0 spiro atoms. The van der Waals surface area contributed by atoms with Gasteiger partial charge in [-0.2, -0.15) is 4.31 Å². The van der Waals surface area contributed by atoms with Crippen molar-refractivity contribution < 1.29 is 32.6 Å². The first-order chi connectivity index (χ1) is 12.3. The van der Waals surface area contributed by atoms with Gasteiger partial charge in [-0.15, -0.1) is 0 Å². The first-order valence-electron chi connectivity index (χ1n) is 8.89. The van der Waals surface area contributed by atoms with Crippen molar-refractivity contribution in [1.82, 2.24) is 9.21 Å². The van der Waals surface area contributed by atoms with Crippen LogP contribution in [0.3, 0.4) is 0 Å². The summed E-state index contributed by atoms with van der Waals surface area (Å²) >= 11 is 0. The molecule has 10 heteroatoms. The molecule has 2 saturated heterocycles. The predicted molar refractivity (Wildman–Crippen MR) is 93.1 cm³/mol. The van der Waals surface area contributed by atoms with E-state index in [9.17, 15) is 18.0 Å². The fraction of sp³-hybridized carbons (Fsp3) is 0.875. The van der Waals surface area contributed by atoms with Gasteiger partial charge in [0.05, 0.1) is 19.0 Å². The minimum absolute atomic E-state index is 0.0360. The Hall–Kier alpha value is -1.23. The number of hydrogen-bond donors (Lipinski definition) is 1. The SMILES string of the molecule is CS(=O)(=O)N(CC(=O)O)CC1CN(C(=O)CCC2CCOCC2)CCO1. The van der Waals surface area contributed by atoms with E-state index in [1.54, 1.807) is 4.90 Å². The van der Waals surface area contributed by atoms with E-state index in [-0.39, 0.29) is 19.0 Å². The molecule has 2 rings (SSSR count). The molecule has 26 heavy (non-hydrogen) atoms. The number of hydrogen-bond acceptors (Lipinski definition) is 6. The number of carbonyl (C=O) groups is 2. The highest BCUT2D eigenvalue weighted by atomic mass is 32.2. The number of sulfonamides is 1. The van der Waals surface area contributed by atoms with Crippen LogP contribution in [0.2, 0.25) is 0 Å². The molecule has 9 nitrogen and oxygen atoms in total. The third-order valence-electron chi connectivity index (χ3n) is 4.79. The zero-order valence-electron chi connectivity index (χ0n) is 15.1. The molecular formula is C16H28N2O7S. The summed E-state index contributed by atoms with van der Waals surface area (Å²) in [7, 11) is -3.66. The Bertz CT molecular complexity index is 589. The Kier molecular flexibility index (Phi) is 7.81. The average Bonchev–Trinajstić information content (AvgIpc) is 2.59. The van der Waals surface area contributed by atoms with Gasteiger partial charge in [-0.05, 0) is 25.2 Å². The second-order valence-electron chi connectivity index (χ2n) is 6.88. The number of nitrogens with zero attached hydrogens (tertiary/aromatic N) is 2. The van der Waals surface area contributed by atoms with E-state index in [4.69, 9.17) is 14.6 Å². The number of aliphatic carboxylic acids is 1. The van der Waals surface area contributed by atoms with Crippen molar-refractivity contribution in [2.45, 2.75) is 31.8 Å². The zero-order valence-corrected chi connectivity index (χ0v) is 15.9. The molecule has 0 aromatic rings. The van der Waals surface area contributed by atoms with Gasteiger partial charge < -0.3 is 19.5 Å². The maximum absolute atomic E-state index is 12.5. The molecule has 2 fully saturated rings. The van der Waals surface area contributed by atoms with E-state index >= 15 is 0 Å². The lowest BCUT2D eigenvalue weighted by Gasteiger charge is -2.35. The lowest BCUT2D eigenvalue weighted by molar-refractivity contribution is -0.141. The largest absolute Gasteiger partial charge is 0.480 e. The van der Waals surface area contributed by atoms with Crippen molar-refractivity contribution >= 4 is 21.9 Å². The molecule has 0 saturated carbocycles. The molecule has 0 bridgehead atoms. The Morgan fingerprint density at radius 3 is 2.54 bits per heavy atom. The van der Waals surface area contributed by atoms with Gasteiger partial charge in [-0.1, -0.05) is 0 Å². The van der Waals surface area contributed by atoms with Crippen LogP contribution in [0.5, 0.6) is 0 Å². The maximum atomic E-state index is 12.5. The topological polar surface area (TPSA) is 113 Å². The van der Waals surface area contributed by atoms with Crippen molar-refractivity contribution in [3.05, 3.63) is 0 Å². The van der Waals surface area contributed by atoms with Crippen LogP contribution >= 0.6 is 0 Å². The van der Waals surface area contributed by atoms with E-state index in [0.29, 0.717) is 25.5 Å². The molecule has 2 aliphatic heterocycles. The zero-order chi connectivity index (χ0) is 19.2. The molecular weight excluding hydrogens is 364 g/mol. The summed E-state index contributed by atoms with van der Waals surface area (Å²) < 4.78 is 35.2. The van der Waals surface area contributed by atoms with Crippen molar-refractivity contribution in [3.8, 4) is 0 Å². The highest BCUT2D eigenvalue weighted by Gasteiger charge is 2.30. The monoisotopic (exact) mass is 392 g/mol. The van der Waals surface area contributed by atoms with Gasteiger partial charge >= 0.3 is 5.97 Å². The van der Waals surface area contributed by atoms with E-state index in [1.807, 2.05) is 0 Å². The normalized spacial score (nSPS) is 22.5. The quantitative estimate of drug-likeness (QED) is 0.607. The average molecular weight is 392 g/mol. The maximum Gasteiger partial charge on any atom is 0.318 e. The third-order valence-corrected chi connectivity index (χ3v) is 6.00. The summed E-state index contributed by atoms with van der Waals surface area (Å²) in [6.45, 7) is 1.88. The van der Waals surface area contributed by atoms with Gasteiger partial charge in [-0.25, -0.2) is 8.42 Å². The molecule has 1 unspecified atom stereocenters. The van der Waals surface area contributed by atoms with E-state index < -0.39 is 28.6 Å². The summed E-state index contributed by atoms with van der Waals surface area (Å²) in [4.78, 5) is 25.0. The molecule has 2 heterocycles. The van der Waals surface area contributed by atoms with Crippen LogP contribution in [-0.2, 0) is 29.1 Å². The van der Waals surface area contributed by atoms with Crippen molar-refractivity contribution in [2.24, 2.45) is 5.92 Å². The number of carbonyl (C=O) groups excluding carboxylic acids is 1. The van der Waals surface area contributed by atoms with Gasteiger partial charge in [0.2, 0.25) is 15.9 Å². The number of morpholine rings is 1. The van der Waals surface area contributed by atoms with Crippen molar-refractivity contribution in [3.63, 3.8) is 0 Å². The second kappa shape index (κ2) is 9.63. The summed E-state index contributed by atoms with van der Waals surface area (Å²) in [6, 6.07) is 0. The van der Waals surface area contributed by atoms with Crippen LogP contribution in [0.1, 0.15) is 25.7 Å². The summed E-state index contributed by atoms with van der Waals surface area (Å²) in [5.41, 5.74) is 0. The molecule has 1 atom stereocenters. The summed E-state index contributed by atoms with van der Waals surface area (Å²) in [5.74, 6) is -0.676. The molecule has 2 aliphatic rings. The van der Waals surface area contributed by atoms with Gasteiger partial charge in [0, 0.05) is 39.3 Å². The molecule has 0 radical (unpaired) electrons. The first kappa shape index (κ1) is 21.1. The fourth-order valence-corrected chi connectivity index (χ4v) is 4.05. The smallest absolute Gasteiger partial charge is 0.318 e. The lowest BCUT2D eigenvalue weighted by Crippen LogP contribution is -2.51. The lowest BCUT2D eigenvalue weighted by atomic mass is 9.94. The van der Waals surface area contributed by atoms with Crippen LogP contribution < -0.4 is 0 Å². The third kappa shape index (κ3) is 6.82. The second-order valence-corrected chi connectivity index (χ2v) is 8.86. The van der Waals surface area contributed by atoms with E-state index in [0.717, 1.165) is 43.0 Å². The fourth-order valence-electron chi connectivity index (χ4n) is 3.27. The van der Waals surface area contributed by atoms with Gasteiger partial charge in [0.1, 0.15) is 6.54 Å². The van der Waals surface area contributed by atoms with E-state index in [1.165, 1.54) is 0 Å². The molecule has 150 valence electrons. The number of carboxylic acids is 1. The molecule has 0 aliphatic carbocycles. The van der Waals surface area contributed by atoms with Crippen LogP contribution in [0.15, 0.2) is 0 Å². The minimum Gasteiger partial charge on any atom is -0.480 e. The Balaban J connectivity index is 1.84. The first-order valence-corrected chi connectivity index (χ1v) is 10.7. The minimum atomic E-state index is -3.66. The standard InChI is InChI=1S/C16H28N2O7S/c1-26(22,23)18(12-16(20)21)11-14-10-17(6-9-25-14)15(19)3-2-13-4-7-24-8-5-13/h13-14H,2-12H2,1H3,(H,20,21). The molecule has 0 aromatic heterocycles. The number of rotatable bonds is 8. The number of carboxylic acid groups (broad SMARTS) is 1. The van der Waals surface area contributed by atoms with Gasteiger partial charge in [0.25, 0.3) is 0 Å². The molecule has 0 aromatic carbocycles. The Labute approximate surface area is 154 Å².